The van der Waals surface area contributed by atoms with E-state index in [0.29, 0.717) is 6.61 Å². The topological polar surface area (TPSA) is 50.4 Å². The van der Waals surface area contributed by atoms with Crippen molar-refractivity contribution in [2.75, 3.05) is 11.9 Å². The van der Waals surface area contributed by atoms with Gasteiger partial charge in [-0.05, 0) is 43.5 Å². The first-order valence-electron chi connectivity index (χ1n) is 7.47. The van der Waals surface area contributed by atoms with Gasteiger partial charge in [0.05, 0.1) is 6.04 Å². The summed E-state index contributed by atoms with van der Waals surface area (Å²) < 4.78 is 5.68. The molecule has 1 unspecified atom stereocenters. The number of urea groups is 1. The van der Waals surface area contributed by atoms with Crippen molar-refractivity contribution in [2.45, 2.75) is 26.3 Å². The normalized spacial score (nSPS) is 16.4. The third kappa shape index (κ3) is 3.22. The van der Waals surface area contributed by atoms with Gasteiger partial charge in [0.25, 0.3) is 0 Å². The van der Waals surface area contributed by atoms with Crippen molar-refractivity contribution < 1.29 is 9.53 Å². The van der Waals surface area contributed by atoms with Gasteiger partial charge in [-0.25, -0.2) is 4.79 Å². The Morgan fingerprint density at radius 3 is 2.82 bits per heavy atom. The third-order valence-electron chi connectivity index (χ3n) is 3.84. The molecule has 1 heterocycles. The lowest BCUT2D eigenvalue weighted by Gasteiger charge is -2.26. The molecule has 1 atom stereocenters. The monoisotopic (exact) mass is 296 g/mol. The van der Waals surface area contributed by atoms with Gasteiger partial charge in [0, 0.05) is 5.69 Å². The minimum absolute atomic E-state index is 0.0133. The third-order valence-corrected chi connectivity index (χ3v) is 3.84. The summed E-state index contributed by atoms with van der Waals surface area (Å²) in [5.74, 6) is 0.912. The van der Waals surface area contributed by atoms with E-state index in [9.17, 15) is 4.79 Å². The highest BCUT2D eigenvalue weighted by Gasteiger charge is 2.21. The summed E-state index contributed by atoms with van der Waals surface area (Å²) in [5.41, 5.74) is 4.20. The number of rotatable bonds is 2. The Kier molecular flexibility index (Phi) is 4.00. The molecule has 2 aromatic carbocycles. The zero-order chi connectivity index (χ0) is 15.5. The number of benzene rings is 2. The number of nitrogens with one attached hydrogen (secondary N) is 2. The van der Waals surface area contributed by atoms with Gasteiger partial charge in [0.2, 0.25) is 0 Å². The second-order valence-electron chi connectivity index (χ2n) is 5.74. The van der Waals surface area contributed by atoms with Gasteiger partial charge < -0.3 is 15.4 Å². The fraction of sp³-hybridized carbons (Fsp3) is 0.278. The van der Waals surface area contributed by atoms with E-state index in [4.69, 9.17) is 4.74 Å². The minimum Gasteiger partial charge on any atom is -0.491 e. The molecule has 3 rings (SSSR count). The summed E-state index contributed by atoms with van der Waals surface area (Å²) in [6.07, 6.45) is 0.788. The predicted molar refractivity (Wildman–Crippen MR) is 87.5 cm³/mol. The summed E-state index contributed by atoms with van der Waals surface area (Å²) in [7, 11) is 0. The first-order chi connectivity index (χ1) is 10.6. The zero-order valence-corrected chi connectivity index (χ0v) is 12.8. The van der Waals surface area contributed by atoms with Crippen LogP contribution in [-0.2, 0) is 6.42 Å². The number of amides is 2. The van der Waals surface area contributed by atoms with E-state index in [1.54, 1.807) is 0 Å². The van der Waals surface area contributed by atoms with Crippen molar-refractivity contribution in [3.05, 3.63) is 59.2 Å². The molecule has 114 valence electrons. The lowest BCUT2D eigenvalue weighted by molar-refractivity contribution is 0.222. The van der Waals surface area contributed by atoms with Crippen molar-refractivity contribution in [3.63, 3.8) is 0 Å². The maximum absolute atomic E-state index is 12.2. The molecule has 0 saturated carbocycles. The highest BCUT2D eigenvalue weighted by atomic mass is 16.5. The van der Waals surface area contributed by atoms with E-state index in [0.717, 1.165) is 29.0 Å². The number of ether oxygens (including phenoxy) is 1. The molecule has 0 spiro atoms. The molecule has 2 aromatic rings. The van der Waals surface area contributed by atoms with Gasteiger partial charge in [-0.15, -0.1) is 0 Å². The number of carbonyl (C=O) groups excluding carboxylic acids is 1. The average molecular weight is 296 g/mol. The van der Waals surface area contributed by atoms with Crippen LogP contribution in [0.2, 0.25) is 0 Å². The molecule has 2 amide bonds. The second-order valence-corrected chi connectivity index (χ2v) is 5.74. The summed E-state index contributed by atoms with van der Waals surface area (Å²) in [6.45, 7) is 4.52. The Hall–Kier alpha value is -2.49. The van der Waals surface area contributed by atoms with E-state index in [-0.39, 0.29) is 12.1 Å². The maximum atomic E-state index is 12.2. The van der Waals surface area contributed by atoms with Crippen LogP contribution in [0, 0.1) is 13.8 Å². The van der Waals surface area contributed by atoms with Crippen LogP contribution in [0.1, 0.15) is 16.7 Å². The van der Waals surface area contributed by atoms with Crippen LogP contribution >= 0.6 is 0 Å². The molecule has 0 aromatic heterocycles. The zero-order valence-electron chi connectivity index (χ0n) is 12.8. The van der Waals surface area contributed by atoms with Crippen LogP contribution in [0.5, 0.6) is 5.75 Å². The molecular weight excluding hydrogens is 276 g/mol. The molecule has 0 fully saturated rings. The number of hydrogen-bond donors (Lipinski definition) is 2. The summed E-state index contributed by atoms with van der Waals surface area (Å²) >= 11 is 0. The molecule has 1 aliphatic rings. The first kappa shape index (κ1) is 14.4. The van der Waals surface area contributed by atoms with E-state index in [1.165, 1.54) is 5.56 Å². The number of anilines is 1. The number of fused-ring (bicyclic) bond motifs is 1. The molecule has 4 nitrogen and oxygen atoms in total. The lowest BCUT2D eigenvalue weighted by Crippen LogP contribution is -2.44. The Bertz CT molecular complexity index is 697. The average Bonchev–Trinajstić information content (AvgIpc) is 2.50. The van der Waals surface area contributed by atoms with Gasteiger partial charge in [-0.1, -0.05) is 35.9 Å². The van der Waals surface area contributed by atoms with Crippen molar-refractivity contribution >= 4 is 11.7 Å². The molecule has 0 bridgehead atoms. The fourth-order valence-corrected chi connectivity index (χ4v) is 2.72. The minimum atomic E-state index is -0.195. The Balaban J connectivity index is 1.61. The summed E-state index contributed by atoms with van der Waals surface area (Å²) in [6, 6.07) is 13.7. The predicted octanol–water partition coefficient (Wildman–Crippen LogP) is 3.43. The van der Waals surface area contributed by atoms with Crippen LogP contribution < -0.4 is 15.4 Å². The lowest BCUT2D eigenvalue weighted by atomic mass is 10.0. The summed E-state index contributed by atoms with van der Waals surface area (Å²) in [4.78, 5) is 12.2. The van der Waals surface area contributed by atoms with Gasteiger partial charge in [-0.3, -0.25) is 0 Å². The van der Waals surface area contributed by atoms with E-state index >= 15 is 0 Å². The molecule has 2 N–H and O–H groups in total. The Morgan fingerprint density at radius 1 is 1.18 bits per heavy atom. The van der Waals surface area contributed by atoms with E-state index in [2.05, 4.69) is 16.7 Å². The van der Waals surface area contributed by atoms with Crippen molar-refractivity contribution in [1.29, 1.82) is 0 Å². The standard InChI is InChI=1S/C18H20N2O2/c1-12-7-8-16(13(2)9-12)20-18(21)19-15-10-14-5-3-4-6-17(14)22-11-15/h3-9,15H,10-11H2,1-2H3,(H2,19,20,21). The molecular formula is C18H20N2O2. The molecule has 1 aliphatic heterocycles. The van der Waals surface area contributed by atoms with Gasteiger partial charge in [0.1, 0.15) is 12.4 Å². The Morgan fingerprint density at radius 2 is 2.00 bits per heavy atom. The van der Waals surface area contributed by atoms with Crippen LogP contribution in [0.4, 0.5) is 10.5 Å². The van der Waals surface area contributed by atoms with E-state index < -0.39 is 0 Å². The van der Waals surface area contributed by atoms with Crippen LogP contribution in [0.3, 0.4) is 0 Å². The number of hydrogen-bond acceptors (Lipinski definition) is 2. The van der Waals surface area contributed by atoms with E-state index in [1.807, 2.05) is 50.2 Å². The number of carbonyl (C=O) groups is 1. The van der Waals surface area contributed by atoms with Gasteiger partial charge in [0.15, 0.2) is 0 Å². The molecule has 0 radical (unpaired) electrons. The van der Waals surface area contributed by atoms with Crippen LogP contribution in [0.25, 0.3) is 0 Å². The van der Waals surface area contributed by atoms with Crippen molar-refractivity contribution in [1.82, 2.24) is 5.32 Å². The molecule has 22 heavy (non-hydrogen) atoms. The highest BCUT2D eigenvalue weighted by Crippen LogP contribution is 2.24. The Labute approximate surface area is 130 Å². The quantitative estimate of drug-likeness (QED) is 0.892. The molecule has 0 saturated heterocycles. The van der Waals surface area contributed by atoms with Gasteiger partial charge >= 0.3 is 6.03 Å². The molecule has 0 aliphatic carbocycles. The summed E-state index contributed by atoms with van der Waals surface area (Å²) in [5, 5.41) is 5.88. The molecule has 4 heteroatoms. The highest BCUT2D eigenvalue weighted by molar-refractivity contribution is 5.90. The SMILES string of the molecule is Cc1ccc(NC(=O)NC2COc3ccccc3C2)c(C)c1. The largest absolute Gasteiger partial charge is 0.491 e. The smallest absolute Gasteiger partial charge is 0.319 e. The number of aryl methyl sites for hydroxylation is 2. The van der Waals surface area contributed by atoms with Crippen LogP contribution in [0.15, 0.2) is 42.5 Å². The van der Waals surface area contributed by atoms with Crippen LogP contribution in [-0.4, -0.2) is 18.7 Å². The van der Waals surface area contributed by atoms with Gasteiger partial charge in [-0.2, -0.15) is 0 Å². The van der Waals surface area contributed by atoms with Crippen molar-refractivity contribution in [2.24, 2.45) is 0 Å². The fourth-order valence-electron chi connectivity index (χ4n) is 2.72. The van der Waals surface area contributed by atoms with Crippen molar-refractivity contribution in [3.8, 4) is 5.75 Å². The second kappa shape index (κ2) is 6.10. The first-order valence-corrected chi connectivity index (χ1v) is 7.47. The maximum Gasteiger partial charge on any atom is 0.319 e. The number of para-hydroxylation sites is 1.